The van der Waals surface area contributed by atoms with Gasteiger partial charge < -0.3 is 29.9 Å². The number of aliphatic carboxylic acids is 1. The fourth-order valence-electron chi connectivity index (χ4n) is 7.52. The number of amides is 1. The molecule has 9 nitrogen and oxygen atoms in total. The van der Waals surface area contributed by atoms with Crippen molar-refractivity contribution < 1.29 is 29.3 Å². The highest BCUT2D eigenvalue weighted by Crippen LogP contribution is 2.39. The molecule has 3 aliphatic heterocycles. The van der Waals surface area contributed by atoms with E-state index in [1.807, 2.05) is 30.3 Å². The molecular formula is C40H51N3O6. The van der Waals surface area contributed by atoms with Crippen LogP contribution in [0.1, 0.15) is 92.4 Å². The smallest absolute Gasteiger partial charge is 0.303 e. The van der Waals surface area contributed by atoms with Gasteiger partial charge in [-0.2, -0.15) is 0 Å². The van der Waals surface area contributed by atoms with E-state index in [4.69, 9.17) is 14.6 Å². The Hall–Kier alpha value is -3.60. The maximum atomic E-state index is 12.4. The summed E-state index contributed by atoms with van der Waals surface area (Å²) in [6.07, 6.45) is 6.72. The summed E-state index contributed by atoms with van der Waals surface area (Å²) >= 11 is 0. The van der Waals surface area contributed by atoms with Crippen LogP contribution < -0.4 is 5.32 Å². The number of carboxylic acid groups (broad SMARTS) is 1. The zero-order chi connectivity index (χ0) is 34.0. The molecule has 1 amide bonds. The van der Waals surface area contributed by atoms with E-state index in [1.54, 1.807) is 0 Å². The number of aliphatic hydroxyl groups is 1. The quantitative estimate of drug-likeness (QED) is 0.164. The Bertz CT molecular complexity index is 1510. The fourth-order valence-corrected chi connectivity index (χ4v) is 7.52. The van der Waals surface area contributed by atoms with Crippen LogP contribution in [0.2, 0.25) is 0 Å². The first-order chi connectivity index (χ1) is 23.9. The molecule has 3 fully saturated rings. The molecule has 0 bridgehead atoms. The van der Waals surface area contributed by atoms with E-state index in [0.29, 0.717) is 31.8 Å². The van der Waals surface area contributed by atoms with Crippen LogP contribution in [0.15, 0.2) is 72.8 Å². The molecule has 0 aliphatic carbocycles. The summed E-state index contributed by atoms with van der Waals surface area (Å²) in [6.45, 7) is 6.01. The third-order valence-electron chi connectivity index (χ3n) is 10.3. The lowest BCUT2D eigenvalue weighted by Gasteiger charge is -2.39. The van der Waals surface area contributed by atoms with Crippen LogP contribution in [0, 0.1) is 0 Å². The summed E-state index contributed by atoms with van der Waals surface area (Å²) in [4.78, 5) is 28.4. The first-order valence-corrected chi connectivity index (χ1v) is 18.1. The monoisotopic (exact) mass is 669 g/mol. The second-order valence-corrected chi connectivity index (χ2v) is 13.8. The molecule has 262 valence electrons. The predicted molar refractivity (Wildman–Crippen MR) is 189 cm³/mol. The van der Waals surface area contributed by atoms with Crippen molar-refractivity contribution in [1.29, 1.82) is 0 Å². The summed E-state index contributed by atoms with van der Waals surface area (Å²) in [7, 11) is 0. The number of carboxylic acids is 1. The highest BCUT2D eigenvalue weighted by molar-refractivity contribution is 5.76. The van der Waals surface area contributed by atoms with Gasteiger partial charge >= 0.3 is 5.97 Å². The molecule has 9 heteroatoms. The van der Waals surface area contributed by atoms with E-state index in [1.165, 1.54) is 38.8 Å². The largest absolute Gasteiger partial charge is 0.481 e. The Labute approximate surface area is 290 Å². The molecule has 3 aromatic rings. The van der Waals surface area contributed by atoms with Gasteiger partial charge in [0.1, 0.15) is 0 Å². The van der Waals surface area contributed by atoms with E-state index in [0.717, 1.165) is 59.4 Å². The molecule has 3 aliphatic rings. The number of likely N-dealkylation sites (tertiary alicyclic amines) is 2. The number of hydrogen-bond donors (Lipinski definition) is 3. The summed E-state index contributed by atoms with van der Waals surface area (Å²) in [5.74, 6) is -0.910. The third-order valence-corrected chi connectivity index (χ3v) is 10.3. The van der Waals surface area contributed by atoms with Gasteiger partial charge in [0.15, 0.2) is 6.29 Å². The first-order valence-electron chi connectivity index (χ1n) is 18.1. The summed E-state index contributed by atoms with van der Waals surface area (Å²) < 4.78 is 13.4. The molecule has 3 aromatic carbocycles. The molecule has 0 aromatic heterocycles. The van der Waals surface area contributed by atoms with Crippen LogP contribution in [0.4, 0.5) is 0 Å². The number of unbranched alkanes of at least 4 members (excludes halogenated alkanes) is 1. The second kappa shape index (κ2) is 17.4. The van der Waals surface area contributed by atoms with Gasteiger partial charge in [0, 0.05) is 50.5 Å². The molecule has 6 rings (SSSR count). The number of aliphatic hydroxyl groups excluding tert-OH is 1. The topological polar surface area (TPSA) is 112 Å². The average molecular weight is 670 g/mol. The van der Waals surface area contributed by atoms with Crippen LogP contribution >= 0.6 is 0 Å². The molecule has 0 spiro atoms. The summed E-state index contributed by atoms with van der Waals surface area (Å²) in [5.41, 5.74) is 6.05. The SMILES string of the molecule is O=C(O)CCCCC(=O)NCc1ccccc1-c1ccc([C@H]2O[C@@H](CN3CCC[C@H]3CN3CCCC3)C[C@@H](c3ccc(CO)cc3)O2)cc1. The van der Waals surface area contributed by atoms with E-state index in [-0.39, 0.29) is 31.1 Å². The average Bonchev–Trinajstić information content (AvgIpc) is 3.81. The van der Waals surface area contributed by atoms with Crippen LogP contribution in [-0.4, -0.2) is 76.8 Å². The van der Waals surface area contributed by atoms with Crippen molar-refractivity contribution in [2.24, 2.45) is 0 Å². The highest BCUT2D eigenvalue weighted by Gasteiger charge is 2.36. The van der Waals surface area contributed by atoms with Gasteiger partial charge in [-0.15, -0.1) is 0 Å². The Kier molecular flexibility index (Phi) is 12.5. The minimum Gasteiger partial charge on any atom is -0.481 e. The minimum atomic E-state index is -0.835. The van der Waals surface area contributed by atoms with Gasteiger partial charge in [-0.3, -0.25) is 14.5 Å². The number of hydrogen-bond acceptors (Lipinski definition) is 7. The highest BCUT2D eigenvalue weighted by atomic mass is 16.7. The lowest BCUT2D eigenvalue weighted by molar-refractivity contribution is -0.253. The molecule has 0 radical (unpaired) electrons. The van der Waals surface area contributed by atoms with Gasteiger partial charge in [-0.25, -0.2) is 0 Å². The Morgan fingerprint density at radius 3 is 2.31 bits per heavy atom. The normalized spacial score (nSPS) is 23.1. The number of benzene rings is 3. The van der Waals surface area contributed by atoms with Crippen LogP contribution in [0.5, 0.6) is 0 Å². The van der Waals surface area contributed by atoms with E-state index in [9.17, 15) is 14.7 Å². The predicted octanol–water partition coefficient (Wildman–Crippen LogP) is 6.21. The van der Waals surface area contributed by atoms with E-state index < -0.39 is 12.3 Å². The summed E-state index contributed by atoms with van der Waals surface area (Å²) in [5, 5.41) is 21.4. The van der Waals surface area contributed by atoms with Crippen molar-refractivity contribution >= 4 is 11.9 Å². The van der Waals surface area contributed by atoms with Crippen LogP contribution in [-0.2, 0) is 32.2 Å². The lowest BCUT2D eigenvalue weighted by Crippen LogP contribution is -2.45. The van der Waals surface area contributed by atoms with E-state index >= 15 is 0 Å². The number of ether oxygens (including phenoxy) is 2. The molecule has 0 saturated carbocycles. The Morgan fingerprint density at radius 2 is 1.55 bits per heavy atom. The molecule has 0 unspecified atom stereocenters. The number of carbonyl (C=O) groups is 2. The fraction of sp³-hybridized carbons (Fsp3) is 0.500. The van der Waals surface area contributed by atoms with Gasteiger partial charge in [0.25, 0.3) is 0 Å². The van der Waals surface area contributed by atoms with Crippen molar-refractivity contribution in [3.8, 4) is 11.1 Å². The summed E-state index contributed by atoms with van der Waals surface area (Å²) in [6, 6.07) is 25.1. The van der Waals surface area contributed by atoms with Gasteiger partial charge in [-0.1, -0.05) is 72.8 Å². The molecule has 49 heavy (non-hydrogen) atoms. The third kappa shape index (κ3) is 9.77. The molecule has 3 N–H and O–H groups in total. The number of carbonyl (C=O) groups excluding carboxylic acids is 1. The maximum absolute atomic E-state index is 12.4. The van der Waals surface area contributed by atoms with Gasteiger partial charge in [-0.05, 0) is 86.0 Å². The second-order valence-electron chi connectivity index (χ2n) is 13.8. The lowest BCUT2D eigenvalue weighted by atomic mass is 9.97. The van der Waals surface area contributed by atoms with Gasteiger partial charge in [0.2, 0.25) is 5.91 Å². The number of nitrogens with one attached hydrogen (secondary N) is 1. The van der Waals surface area contributed by atoms with Crippen molar-refractivity contribution in [3.05, 3.63) is 95.1 Å². The molecule has 3 heterocycles. The Balaban J connectivity index is 1.14. The zero-order valence-electron chi connectivity index (χ0n) is 28.5. The Morgan fingerprint density at radius 1 is 0.816 bits per heavy atom. The van der Waals surface area contributed by atoms with Gasteiger partial charge in [0.05, 0.1) is 18.8 Å². The van der Waals surface area contributed by atoms with Crippen molar-refractivity contribution in [3.63, 3.8) is 0 Å². The standard InChI is InChI=1S/C40H51N3O6/c44-28-29-13-15-31(16-14-29)37-24-35(27-43-23-7-9-34(43)26-42-21-5-6-22-42)48-40(49-37)32-19-17-30(18-20-32)36-10-2-1-8-33(36)25-41-38(45)11-3-4-12-39(46)47/h1-2,8,10,13-20,34-35,37,40,44H,3-7,9,11-12,21-28H2,(H,41,45)(H,46,47)/t34-,35+,37-,40-/m0/s1. The minimum absolute atomic E-state index is 0.0178. The van der Waals surface area contributed by atoms with Crippen molar-refractivity contribution in [2.45, 2.75) is 95.5 Å². The van der Waals surface area contributed by atoms with Crippen molar-refractivity contribution in [2.75, 3.05) is 32.7 Å². The number of nitrogens with zero attached hydrogens (tertiary/aromatic N) is 2. The molecule has 4 atom stereocenters. The van der Waals surface area contributed by atoms with Crippen molar-refractivity contribution in [1.82, 2.24) is 15.1 Å². The first kappa shape index (κ1) is 35.2. The van der Waals surface area contributed by atoms with Crippen LogP contribution in [0.25, 0.3) is 11.1 Å². The maximum Gasteiger partial charge on any atom is 0.303 e. The molecular weight excluding hydrogens is 618 g/mol. The zero-order valence-corrected chi connectivity index (χ0v) is 28.5. The van der Waals surface area contributed by atoms with Crippen LogP contribution in [0.3, 0.4) is 0 Å². The van der Waals surface area contributed by atoms with E-state index in [2.05, 4.69) is 57.6 Å². The molecule has 3 saturated heterocycles. The number of rotatable bonds is 15.